The van der Waals surface area contributed by atoms with E-state index in [0.717, 1.165) is 11.1 Å². The molecule has 0 atom stereocenters. The molecule has 0 aromatic heterocycles. The van der Waals surface area contributed by atoms with Crippen LogP contribution >= 0.6 is 0 Å². The third-order valence-electron chi connectivity index (χ3n) is 4.20. The summed E-state index contributed by atoms with van der Waals surface area (Å²) in [6.45, 7) is 12.4. The second-order valence-electron chi connectivity index (χ2n) is 6.07. The highest BCUT2D eigenvalue weighted by Gasteiger charge is 2.34. The molecule has 0 aliphatic heterocycles. The molecule has 22 heavy (non-hydrogen) atoms. The Hall–Kier alpha value is -2.12. The number of allylic oxidation sites excluding steroid dienone is 2. The zero-order chi connectivity index (χ0) is 16.3. The van der Waals surface area contributed by atoms with Crippen molar-refractivity contribution in [3.8, 4) is 11.1 Å². The van der Waals surface area contributed by atoms with Crippen LogP contribution in [0.5, 0.6) is 0 Å². The van der Waals surface area contributed by atoms with Crippen LogP contribution in [0.15, 0.2) is 61.7 Å². The Labute approximate surface area is 134 Å². The molecule has 114 valence electrons. The minimum Gasteiger partial charge on any atom is -0.388 e. The van der Waals surface area contributed by atoms with E-state index in [1.807, 2.05) is 6.08 Å². The van der Waals surface area contributed by atoms with Gasteiger partial charge in [0.2, 0.25) is 0 Å². The quantitative estimate of drug-likeness (QED) is 0.668. The second kappa shape index (κ2) is 6.33. The summed E-state index contributed by atoms with van der Waals surface area (Å²) < 4.78 is 4.25. The molecule has 0 radical (unpaired) electrons. The van der Waals surface area contributed by atoms with E-state index in [4.69, 9.17) is 0 Å². The Bertz CT molecular complexity index is 708. The predicted molar refractivity (Wildman–Crippen MR) is 96.2 cm³/mol. The van der Waals surface area contributed by atoms with Crippen molar-refractivity contribution in [2.45, 2.75) is 19.3 Å². The fraction of sp³-hybridized carbons (Fsp3) is 0.238. The molecule has 1 heteroatoms. The van der Waals surface area contributed by atoms with Gasteiger partial charge in [-0.05, 0) is 39.5 Å². The van der Waals surface area contributed by atoms with E-state index in [1.54, 1.807) is 14.2 Å². The molecule has 0 spiro atoms. The second-order valence-corrected chi connectivity index (χ2v) is 6.07. The van der Waals surface area contributed by atoms with Crippen LogP contribution in [0, 0.1) is 0 Å². The van der Waals surface area contributed by atoms with Crippen molar-refractivity contribution in [1.29, 1.82) is 0 Å². The summed E-state index contributed by atoms with van der Waals surface area (Å²) in [4.78, 5) is 0. The molecule has 0 unspecified atom stereocenters. The first-order valence-electron chi connectivity index (χ1n) is 7.43. The highest BCUT2D eigenvalue weighted by molar-refractivity contribution is 5.84. The molecular formula is C21H24O. The summed E-state index contributed by atoms with van der Waals surface area (Å²) in [7, 11) is 3.25. The lowest BCUT2D eigenvalue weighted by atomic mass is 9.82. The molecule has 3 rings (SSSR count). The van der Waals surface area contributed by atoms with Gasteiger partial charge in [-0.1, -0.05) is 69.5 Å². The largest absolute Gasteiger partial charge is 0.388 e. The molecule has 0 saturated heterocycles. The molecular weight excluding hydrogens is 268 g/mol. The van der Waals surface area contributed by atoms with Crippen LogP contribution in [0.2, 0.25) is 0 Å². The van der Waals surface area contributed by atoms with E-state index in [0.29, 0.717) is 0 Å². The Morgan fingerprint density at radius 2 is 1.59 bits per heavy atom. The van der Waals surface area contributed by atoms with Crippen LogP contribution in [0.25, 0.3) is 16.7 Å². The SMILES string of the molecule is C=CC(=C)c1ccc2c(c1)-c1ccccc1C2(C)C.COC. The van der Waals surface area contributed by atoms with Crippen molar-refractivity contribution >= 4 is 5.57 Å². The predicted octanol–water partition coefficient (Wildman–Crippen LogP) is 5.45. The van der Waals surface area contributed by atoms with Crippen molar-refractivity contribution in [2.24, 2.45) is 0 Å². The summed E-state index contributed by atoms with van der Waals surface area (Å²) in [5, 5.41) is 0. The lowest BCUT2D eigenvalue weighted by Crippen LogP contribution is -2.14. The van der Waals surface area contributed by atoms with Gasteiger partial charge in [0.05, 0.1) is 0 Å². The highest BCUT2D eigenvalue weighted by atomic mass is 16.4. The minimum atomic E-state index is 0.0833. The molecule has 0 amide bonds. The number of hydrogen-bond acceptors (Lipinski definition) is 1. The third-order valence-corrected chi connectivity index (χ3v) is 4.20. The minimum absolute atomic E-state index is 0.0833. The molecule has 1 aliphatic rings. The average molecular weight is 292 g/mol. The Kier molecular flexibility index (Phi) is 4.68. The lowest BCUT2D eigenvalue weighted by Gasteiger charge is -2.21. The number of rotatable bonds is 2. The Morgan fingerprint density at radius 3 is 2.23 bits per heavy atom. The lowest BCUT2D eigenvalue weighted by molar-refractivity contribution is 0.277. The highest BCUT2D eigenvalue weighted by Crippen LogP contribution is 2.48. The van der Waals surface area contributed by atoms with Gasteiger partial charge >= 0.3 is 0 Å². The number of methoxy groups -OCH3 is 1. The van der Waals surface area contributed by atoms with E-state index in [9.17, 15) is 0 Å². The van der Waals surface area contributed by atoms with Crippen LogP contribution in [0.1, 0.15) is 30.5 Å². The van der Waals surface area contributed by atoms with E-state index in [1.165, 1.54) is 22.3 Å². The molecule has 0 fully saturated rings. The number of fused-ring (bicyclic) bond motifs is 3. The zero-order valence-corrected chi connectivity index (χ0v) is 13.9. The topological polar surface area (TPSA) is 9.23 Å². The van der Waals surface area contributed by atoms with Crippen LogP contribution in [0.3, 0.4) is 0 Å². The van der Waals surface area contributed by atoms with Gasteiger partial charge in [0, 0.05) is 19.6 Å². The number of hydrogen-bond donors (Lipinski definition) is 0. The first kappa shape index (κ1) is 16.3. The van der Waals surface area contributed by atoms with E-state index in [-0.39, 0.29) is 5.41 Å². The monoisotopic (exact) mass is 292 g/mol. The summed E-state index contributed by atoms with van der Waals surface area (Å²) in [5.74, 6) is 0. The maximum absolute atomic E-state index is 4.25. The van der Waals surface area contributed by atoms with Gasteiger partial charge in [0.15, 0.2) is 0 Å². The molecule has 1 aliphatic carbocycles. The van der Waals surface area contributed by atoms with Crippen LogP contribution < -0.4 is 0 Å². The molecule has 2 aromatic rings. The fourth-order valence-corrected chi connectivity index (χ4v) is 3.04. The summed E-state index contributed by atoms with van der Waals surface area (Å²) in [6.07, 6.45) is 1.81. The first-order valence-corrected chi connectivity index (χ1v) is 7.43. The van der Waals surface area contributed by atoms with Crippen molar-refractivity contribution in [3.63, 3.8) is 0 Å². The van der Waals surface area contributed by atoms with E-state index >= 15 is 0 Å². The average Bonchev–Trinajstić information content (AvgIpc) is 2.76. The van der Waals surface area contributed by atoms with Crippen molar-refractivity contribution in [1.82, 2.24) is 0 Å². The number of ether oxygens (including phenoxy) is 1. The fourth-order valence-electron chi connectivity index (χ4n) is 3.04. The molecule has 0 N–H and O–H groups in total. The summed E-state index contributed by atoms with van der Waals surface area (Å²) >= 11 is 0. The van der Waals surface area contributed by atoms with Crippen LogP contribution in [-0.2, 0) is 10.2 Å². The maximum atomic E-state index is 4.25. The maximum Gasteiger partial charge on any atom is 0.0351 e. The van der Waals surface area contributed by atoms with E-state index in [2.05, 4.69) is 74.2 Å². The van der Waals surface area contributed by atoms with Gasteiger partial charge in [0.25, 0.3) is 0 Å². The standard InChI is InChI=1S/C19H18.C2H6O/c1-5-13(2)14-10-11-18-16(12-14)15-8-6-7-9-17(15)19(18,3)4;1-3-2/h5-12H,1-2H2,3-4H3;1-2H3. The molecule has 1 nitrogen and oxygen atoms in total. The number of benzene rings is 2. The molecule has 2 aromatic carbocycles. The van der Waals surface area contributed by atoms with Gasteiger partial charge < -0.3 is 4.74 Å². The Morgan fingerprint density at radius 1 is 1.00 bits per heavy atom. The molecule has 0 heterocycles. The Balaban J connectivity index is 0.000000545. The summed E-state index contributed by atoms with van der Waals surface area (Å²) in [5.41, 5.74) is 7.70. The van der Waals surface area contributed by atoms with E-state index < -0.39 is 0 Å². The smallest absolute Gasteiger partial charge is 0.0351 e. The van der Waals surface area contributed by atoms with Gasteiger partial charge in [0.1, 0.15) is 0 Å². The van der Waals surface area contributed by atoms with Crippen molar-refractivity contribution < 1.29 is 4.74 Å². The van der Waals surface area contributed by atoms with Gasteiger partial charge in [-0.25, -0.2) is 0 Å². The van der Waals surface area contributed by atoms with Crippen molar-refractivity contribution in [2.75, 3.05) is 14.2 Å². The molecule has 0 bridgehead atoms. The zero-order valence-electron chi connectivity index (χ0n) is 13.9. The first-order chi connectivity index (χ1) is 10.5. The molecule has 0 saturated carbocycles. The van der Waals surface area contributed by atoms with Gasteiger partial charge in [-0.15, -0.1) is 0 Å². The normalized spacial score (nSPS) is 13.5. The van der Waals surface area contributed by atoms with Crippen LogP contribution in [-0.4, -0.2) is 14.2 Å². The van der Waals surface area contributed by atoms with Gasteiger partial charge in [-0.2, -0.15) is 0 Å². The van der Waals surface area contributed by atoms with Gasteiger partial charge in [-0.3, -0.25) is 0 Å². The van der Waals surface area contributed by atoms with Crippen LogP contribution in [0.4, 0.5) is 0 Å². The van der Waals surface area contributed by atoms with Crippen molar-refractivity contribution in [3.05, 3.63) is 78.4 Å². The third kappa shape index (κ3) is 2.65. The summed E-state index contributed by atoms with van der Waals surface area (Å²) in [6, 6.07) is 15.3.